The van der Waals surface area contributed by atoms with Crippen molar-refractivity contribution in [3.63, 3.8) is 0 Å². The van der Waals surface area contributed by atoms with Crippen LogP contribution in [0.25, 0.3) is 10.6 Å². The molecular formula is C20H15FN2O3S. The summed E-state index contributed by atoms with van der Waals surface area (Å²) in [7, 11) is 0. The maximum absolute atomic E-state index is 13.4. The number of carboxylic acids is 1. The van der Waals surface area contributed by atoms with E-state index in [2.05, 4.69) is 4.98 Å². The Bertz CT molecular complexity index is 1030. The number of hydrogen-bond donors (Lipinski definition) is 1. The summed E-state index contributed by atoms with van der Waals surface area (Å²) < 4.78 is 13.4. The fraction of sp³-hybridized carbons (Fsp3) is 0.150. The number of fused-ring (bicyclic) bond motifs is 1. The van der Waals surface area contributed by atoms with Gasteiger partial charge in [0.25, 0.3) is 0 Å². The lowest BCUT2D eigenvalue weighted by atomic mass is 10.0. The van der Waals surface area contributed by atoms with E-state index < -0.39 is 11.9 Å². The number of halogens is 1. The molecule has 136 valence electrons. The first-order chi connectivity index (χ1) is 13.0. The standard InChI is InChI=1S/C20H15FN2O3S/c21-13-5-3-4-12(8-13)19-22-14(11-27-19)9-18(24)23-10-16(20(25)26)15-6-1-2-7-17(15)23/h1-8,11,16H,9-10H2,(H,25,26). The Balaban J connectivity index is 1.54. The summed E-state index contributed by atoms with van der Waals surface area (Å²) in [4.78, 5) is 30.2. The number of carbonyl (C=O) groups is 2. The molecule has 1 amide bonds. The van der Waals surface area contributed by atoms with Gasteiger partial charge in [-0.1, -0.05) is 30.3 Å². The summed E-state index contributed by atoms with van der Waals surface area (Å²) in [6.07, 6.45) is 0.0620. The number of aromatic nitrogens is 1. The summed E-state index contributed by atoms with van der Waals surface area (Å²) in [5, 5.41) is 11.8. The van der Waals surface area contributed by atoms with Crippen molar-refractivity contribution in [1.29, 1.82) is 0 Å². The van der Waals surface area contributed by atoms with Crippen LogP contribution in [0.2, 0.25) is 0 Å². The highest BCUT2D eigenvalue weighted by Crippen LogP contribution is 2.36. The minimum absolute atomic E-state index is 0.0620. The molecule has 7 heteroatoms. The van der Waals surface area contributed by atoms with E-state index in [4.69, 9.17) is 0 Å². The second-order valence-corrected chi connectivity index (χ2v) is 7.14. The quantitative estimate of drug-likeness (QED) is 0.747. The second kappa shape index (κ2) is 6.92. The number of nitrogens with zero attached hydrogens (tertiary/aromatic N) is 2. The van der Waals surface area contributed by atoms with Crippen LogP contribution in [-0.2, 0) is 16.0 Å². The van der Waals surface area contributed by atoms with Crippen LogP contribution in [0.15, 0.2) is 53.9 Å². The van der Waals surface area contributed by atoms with Crippen molar-refractivity contribution in [2.75, 3.05) is 11.4 Å². The predicted molar refractivity (Wildman–Crippen MR) is 100 cm³/mol. The SMILES string of the molecule is O=C(O)C1CN(C(=O)Cc2csc(-c3cccc(F)c3)n2)c2ccccc21. The van der Waals surface area contributed by atoms with E-state index in [-0.39, 0.29) is 24.7 Å². The van der Waals surface area contributed by atoms with Crippen molar-refractivity contribution >= 4 is 28.9 Å². The van der Waals surface area contributed by atoms with Crippen LogP contribution in [0.5, 0.6) is 0 Å². The molecular weight excluding hydrogens is 367 g/mol. The van der Waals surface area contributed by atoms with Crippen molar-refractivity contribution in [1.82, 2.24) is 4.98 Å². The van der Waals surface area contributed by atoms with Crippen molar-refractivity contribution in [2.24, 2.45) is 0 Å². The monoisotopic (exact) mass is 382 g/mol. The maximum Gasteiger partial charge on any atom is 0.312 e. The zero-order valence-electron chi connectivity index (χ0n) is 14.1. The number of amides is 1. The molecule has 0 saturated carbocycles. The first-order valence-electron chi connectivity index (χ1n) is 8.35. The number of rotatable bonds is 4. The highest BCUT2D eigenvalue weighted by molar-refractivity contribution is 7.13. The Morgan fingerprint density at radius 2 is 2.04 bits per heavy atom. The maximum atomic E-state index is 13.4. The van der Waals surface area contributed by atoms with Gasteiger partial charge in [-0.25, -0.2) is 9.37 Å². The van der Waals surface area contributed by atoms with Crippen LogP contribution < -0.4 is 4.90 Å². The van der Waals surface area contributed by atoms with Crippen molar-refractivity contribution in [3.8, 4) is 10.6 Å². The smallest absolute Gasteiger partial charge is 0.312 e. The number of benzene rings is 2. The first kappa shape index (κ1) is 17.4. The first-order valence-corrected chi connectivity index (χ1v) is 9.23. The molecule has 2 aromatic carbocycles. The van der Waals surface area contributed by atoms with E-state index in [1.807, 2.05) is 0 Å². The van der Waals surface area contributed by atoms with Gasteiger partial charge in [-0.3, -0.25) is 9.59 Å². The van der Waals surface area contributed by atoms with Gasteiger partial charge in [0.05, 0.1) is 12.1 Å². The summed E-state index contributed by atoms with van der Waals surface area (Å²) in [6, 6.07) is 13.2. The molecule has 4 rings (SSSR count). The molecule has 2 heterocycles. The van der Waals surface area contributed by atoms with Crippen LogP contribution in [-0.4, -0.2) is 28.5 Å². The van der Waals surface area contributed by atoms with E-state index in [9.17, 15) is 19.1 Å². The molecule has 1 atom stereocenters. The Labute approximate surface area is 158 Å². The van der Waals surface area contributed by atoms with Gasteiger partial charge < -0.3 is 10.0 Å². The Morgan fingerprint density at radius 3 is 2.81 bits per heavy atom. The van der Waals surface area contributed by atoms with E-state index in [1.54, 1.807) is 41.8 Å². The van der Waals surface area contributed by atoms with Crippen LogP contribution in [0.4, 0.5) is 10.1 Å². The lowest BCUT2D eigenvalue weighted by Gasteiger charge is -2.16. The molecule has 0 radical (unpaired) electrons. The van der Waals surface area contributed by atoms with Gasteiger partial charge in [0.1, 0.15) is 16.7 Å². The molecule has 1 aliphatic heterocycles. The van der Waals surface area contributed by atoms with Crippen molar-refractivity contribution in [3.05, 3.63) is 71.0 Å². The lowest BCUT2D eigenvalue weighted by Crippen LogP contribution is -2.32. The second-order valence-electron chi connectivity index (χ2n) is 6.29. The van der Waals surface area contributed by atoms with Gasteiger partial charge in [0.15, 0.2) is 0 Å². The molecule has 0 spiro atoms. The Hall–Kier alpha value is -3.06. The summed E-state index contributed by atoms with van der Waals surface area (Å²) >= 11 is 1.34. The van der Waals surface area contributed by atoms with Crippen LogP contribution >= 0.6 is 11.3 Å². The van der Waals surface area contributed by atoms with Crippen LogP contribution in [0.3, 0.4) is 0 Å². The number of para-hydroxylation sites is 1. The minimum atomic E-state index is -0.945. The van der Waals surface area contributed by atoms with Gasteiger partial charge in [-0.2, -0.15) is 0 Å². The minimum Gasteiger partial charge on any atom is -0.481 e. The van der Waals surface area contributed by atoms with Gasteiger partial charge >= 0.3 is 5.97 Å². The molecule has 1 aliphatic rings. The highest BCUT2D eigenvalue weighted by Gasteiger charge is 2.36. The fourth-order valence-corrected chi connectivity index (χ4v) is 4.06. The molecule has 0 bridgehead atoms. The molecule has 1 unspecified atom stereocenters. The lowest BCUT2D eigenvalue weighted by molar-refractivity contribution is -0.138. The van der Waals surface area contributed by atoms with Gasteiger partial charge in [0, 0.05) is 23.2 Å². The number of hydrogen-bond acceptors (Lipinski definition) is 4. The number of thiazole rings is 1. The van der Waals surface area contributed by atoms with Crippen LogP contribution in [0, 0.1) is 5.82 Å². The zero-order chi connectivity index (χ0) is 19.0. The zero-order valence-corrected chi connectivity index (χ0v) is 14.9. The third-order valence-electron chi connectivity index (χ3n) is 4.52. The van der Waals surface area contributed by atoms with E-state index in [0.29, 0.717) is 27.5 Å². The average Bonchev–Trinajstić information content (AvgIpc) is 3.26. The van der Waals surface area contributed by atoms with Crippen molar-refractivity contribution < 1.29 is 19.1 Å². The Kier molecular flexibility index (Phi) is 4.45. The number of carboxylic acid groups (broad SMARTS) is 1. The third-order valence-corrected chi connectivity index (χ3v) is 5.46. The van der Waals surface area contributed by atoms with Crippen molar-refractivity contribution in [2.45, 2.75) is 12.3 Å². The largest absolute Gasteiger partial charge is 0.481 e. The third kappa shape index (κ3) is 3.33. The summed E-state index contributed by atoms with van der Waals surface area (Å²) in [6.45, 7) is 0.119. The molecule has 0 saturated heterocycles. The van der Waals surface area contributed by atoms with Crippen LogP contribution in [0.1, 0.15) is 17.2 Å². The molecule has 0 aliphatic carbocycles. The molecule has 5 nitrogen and oxygen atoms in total. The molecule has 0 fully saturated rings. The average molecular weight is 382 g/mol. The van der Waals surface area contributed by atoms with E-state index in [0.717, 1.165) is 0 Å². The number of carbonyl (C=O) groups excluding carboxylic acids is 1. The highest BCUT2D eigenvalue weighted by atomic mass is 32.1. The number of aliphatic carboxylic acids is 1. The van der Waals surface area contributed by atoms with E-state index >= 15 is 0 Å². The normalized spacial score (nSPS) is 15.6. The summed E-state index contributed by atoms with van der Waals surface area (Å²) in [5.74, 6) is -2.21. The Morgan fingerprint density at radius 1 is 1.22 bits per heavy atom. The molecule has 3 aromatic rings. The fourth-order valence-electron chi connectivity index (χ4n) is 3.25. The predicted octanol–water partition coefficient (Wildman–Crippen LogP) is 3.71. The molecule has 1 aromatic heterocycles. The molecule has 27 heavy (non-hydrogen) atoms. The topological polar surface area (TPSA) is 70.5 Å². The number of anilines is 1. The van der Waals surface area contributed by atoms with Gasteiger partial charge in [0.2, 0.25) is 5.91 Å². The van der Waals surface area contributed by atoms with Gasteiger partial charge in [-0.15, -0.1) is 11.3 Å². The van der Waals surface area contributed by atoms with Gasteiger partial charge in [-0.05, 0) is 23.8 Å². The van der Waals surface area contributed by atoms with E-state index in [1.165, 1.54) is 28.4 Å². The summed E-state index contributed by atoms with van der Waals surface area (Å²) in [5.41, 5.74) is 2.53. The molecule has 1 N–H and O–H groups in total.